The van der Waals surface area contributed by atoms with Gasteiger partial charge < -0.3 is 4.74 Å². The van der Waals surface area contributed by atoms with Gasteiger partial charge in [0.2, 0.25) is 12.1 Å². The van der Waals surface area contributed by atoms with E-state index in [9.17, 15) is 4.79 Å². The third kappa shape index (κ3) is 7.16. The molecule has 2 unspecified atom stereocenters. The van der Waals surface area contributed by atoms with Gasteiger partial charge in [0.05, 0.1) is 6.61 Å². The van der Waals surface area contributed by atoms with Gasteiger partial charge in [-0.15, -0.1) is 0 Å². The zero-order valence-corrected chi connectivity index (χ0v) is 23.3. The maximum Gasteiger partial charge on any atom is 0.244 e. The number of aromatic nitrogens is 2. The van der Waals surface area contributed by atoms with Crippen molar-refractivity contribution in [2.75, 3.05) is 0 Å². The van der Waals surface area contributed by atoms with Gasteiger partial charge in [-0.05, 0) is 36.2 Å². The number of carbonyl (C=O) groups is 1. The van der Waals surface area contributed by atoms with Gasteiger partial charge in [0, 0.05) is 31.2 Å². The number of rotatable bonds is 11. The number of nitrogens with zero attached hydrogens (tertiary/aromatic N) is 2. The van der Waals surface area contributed by atoms with Gasteiger partial charge in [0.1, 0.15) is 25.0 Å². The van der Waals surface area contributed by atoms with Crippen molar-refractivity contribution in [2.24, 2.45) is 0 Å². The van der Waals surface area contributed by atoms with Crippen LogP contribution in [0.25, 0.3) is 0 Å². The average Bonchev–Trinajstić information content (AvgIpc) is 3.34. The van der Waals surface area contributed by atoms with Crippen LogP contribution in [0.4, 0.5) is 0 Å². The van der Waals surface area contributed by atoms with Crippen LogP contribution in [0.1, 0.15) is 53.4 Å². The average molecular weight is 577 g/mol. The summed E-state index contributed by atoms with van der Waals surface area (Å²) in [7, 11) is 0. The first-order valence-electron chi connectivity index (χ1n) is 12.0. The third-order valence-electron chi connectivity index (χ3n) is 6.14. The summed E-state index contributed by atoms with van der Waals surface area (Å²) in [6, 6.07) is 19.8. The summed E-state index contributed by atoms with van der Waals surface area (Å²) < 4.78 is 10.3. The van der Waals surface area contributed by atoms with Crippen molar-refractivity contribution in [1.29, 1.82) is 0 Å². The Morgan fingerprint density at radius 3 is 2.32 bits per heavy atom. The molecule has 3 aromatic carbocycles. The molecular formula is C29H27Cl4N2O2+. The number of halogens is 4. The Labute approximate surface area is 237 Å². The zero-order chi connectivity index (χ0) is 26.4. The Kier molecular flexibility index (Phi) is 9.69. The van der Waals surface area contributed by atoms with Crippen molar-refractivity contribution < 1.29 is 14.1 Å². The molecule has 0 fully saturated rings. The fourth-order valence-corrected chi connectivity index (χ4v) is 5.20. The molecular weight excluding hydrogens is 550 g/mol. The highest BCUT2D eigenvalue weighted by molar-refractivity contribution is 6.35. The lowest BCUT2D eigenvalue weighted by molar-refractivity contribution is -0.705. The van der Waals surface area contributed by atoms with E-state index in [0.717, 1.165) is 24.0 Å². The van der Waals surface area contributed by atoms with Crippen molar-refractivity contribution >= 4 is 52.2 Å². The summed E-state index contributed by atoms with van der Waals surface area (Å²) in [6.45, 7) is 2.82. The Morgan fingerprint density at radius 1 is 0.946 bits per heavy atom. The van der Waals surface area contributed by atoms with Crippen LogP contribution in [0.3, 0.4) is 0 Å². The second-order valence-electron chi connectivity index (χ2n) is 8.79. The molecule has 0 saturated heterocycles. The standard InChI is InChI=1S/C29H27Cl4N2O2/c1-2-6-27(29(36)20-7-4-3-5-8-20)35-14-13-34(19-35)17-28(24-12-11-23(31)16-26(24)33)37-18-21-9-10-22(30)15-25(21)32/h3-5,7-16,19,27-28H,2,6,17-18H2,1H3/q+1. The molecule has 0 aliphatic carbocycles. The largest absolute Gasteiger partial charge is 0.365 e. The second-order valence-corrected chi connectivity index (χ2v) is 10.5. The van der Waals surface area contributed by atoms with E-state index in [4.69, 9.17) is 51.1 Å². The summed E-state index contributed by atoms with van der Waals surface area (Å²) in [5, 5.41) is 2.17. The summed E-state index contributed by atoms with van der Waals surface area (Å²) in [5.41, 5.74) is 2.33. The molecule has 4 aromatic rings. The van der Waals surface area contributed by atoms with E-state index in [0.29, 0.717) is 32.2 Å². The monoisotopic (exact) mass is 575 g/mol. The second kappa shape index (κ2) is 12.9. The number of benzene rings is 3. The summed E-state index contributed by atoms with van der Waals surface area (Å²) >= 11 is 25.1. The van der Waals surface area contributed by atoms with E-state index in [1.165, 1.54) is 0 Å². The highest BCUT2D eigenvalue weighted by Crippen LogP contribution is 2.31. The first-order valence-corrected chi connectivity index (χ1v) is 13.5. The Balaban J connectivity index is 1.58. The van der Waals surface area contributed by atoms with Crippen LogP contribution < -0.4 is 4.57 Å². The predicted octanol–water partition coefficient (Wildman–Crippen LogP) is 8.57. The molecule has 0 N–H and O–H groups in total. The summed E-state index contributed by atoms with van der Waals surface area (Å²) in [5.74, 6) is 0.0936. The molecule has 4 nitrogen and oxygen atoms in total. The van der Waals surface area contributed by atoms with Crippen LogP contribution in [-0.2, 0) is 17.9 Å². The number of imidazole rings is 1. The Hall–Kier alpha value is -2.34. The lowest BCUT2D eigenvalue weighted by Gasteiger charge is -2.19. The van der Waals surface area contributed by atoms with Crippen molar-refractivity contribution in [2.45, 2.75) is 45.1 Å². The molecule has 1 heterocycles. The van der Waals surface area contributed by atoms with E-state index in [1.54, 1.807) is 24.3 Å². The Bertz CT molecular complexity index is 1360. The number of carbonyl (C=O) groups excluding carboxylic acids is 1. The fourth-order valence-electron chi connectivity index (χ4n) is 4.21. The minimum absolute atomic E-state index is 0.0936. The molecule has 37 heavy (non-hydrogen) atoms. The highest BCUT2D eigenvalue weighted by Gasteiger charge is 2.27. The van der Waals surface area contributed by atoms with Crippen LogP contribution in [-0.4, -0.2) is 10.4 Å². The summed E-state index contributed by atoms with van der Waals surface area (Å²) in [4.78, 5) is 13.3. The topological polar surface area (TPSA) is 35.1 Å². The van der Waals surface area contributed by atoms with Crippen LogP contribution in [0.5, 0.6) is 0 Å². The van der Waals surface area contributed by atoms with Crippen LogP contribution in [0.2, 0.25) is 20.1 Å². The van der Waals surface area contributed by atoms with Gasteiger partial charge in [-0.2, -0.15) is 0 Å². The van der Waals surface area contributed by atoms with E-state index in [2.05, 4.69) is 6.92 Å². The van der Waals surface area contributed by atoms with E-state index in [-0.39, 0.29) is 18.4 Å². The molecule has 4 rings (SSSR count). The first kappa shape index (κ1) is 27.7. The number of ketones is 1. The maximum atomic E-state index is 13.3. The normalized spacial score (nSPS) is 12.9. The predicted molar refractivity (Wildman–Crippen MR) is 150 cm³/mol. The van der Waals surface area contributed by atoms with Gasteiger partial charge >= 0.3 is 0 Å². The number of Topliss-reactive ketones (excluding diaryl/α,β-unsaturated/α-hetero) is 1. The van der Waals surface area contributed by atoms with Crippen molar-refractivity contribution in [1.82, 2.24) is 4.57 Å². The molecule has 2 atom stereocenters. The lowest BCUT2D eigenvalue weighted by atomic mass is 10.0. The Morgan fingerprint density at radius 2 is 1.65 bits per heavy atom. The molecule has 1 aromatic heterocycles. The summed E-state index contributed by atoms with van der Waals surface area (Å²) in [6.07, 6.45) is 7.03. The van der Waals surface area contributed by atoms with Crippen LogP contribution in [0.15, 0.2) is 85.5 Å². The van der Waals surface area contributed by atoms with Crippen molar-refractivity contribution in [3.63, 3.8) is 0 Å². The molecule has 8 heteroatoms. The van der Waals surface area contributed by atoms with Gasteiger partial charge in [-0.3, -0.25) is 4.79 Å². The van der Waals surface area contributed by atoms with Gasteiger partial charge in [0.15, 0.2) is 6.04 Å². The van der Waals surface area contributed by atoms with Crippen LogP contribution >= 0.6 is 46.4 Å². The lowest BCUT2D eigenvalue weighted by Crippen LogP contribution is -2.36. The quantitative estimate of drug-likeness (QED) is 0.132. The third-order valence-corrected chi connectivity index (χ3v) is 7.29. The molecule has 192 valence electrons. The van der Waals surface area contributed by atoms with E-state index in [1.807, 2.05) is 70.3 Å². The molecule has 0 radical (unpaired) electrons. The van der Waals surface area contributed by atoms with Crippen LogP contribution in [0, 0.1) is 0 Å². The van der Waals surface area contributed by atoms with Gasteiger partial charge in [-0.1, -0.05) is 102 Å². The zero-order valence-electron chi connectivity index (χ0n) is 20.3. The van der Waals surface area contributed by atoms with E-state index >= 15 is 0 Å². The van der Waals surface area contributed by atoms with Gasteiger partial charge in [-0.25, -0.2) is 9.13 Å². The molecule has 0 aliphatic rings. The number of ether oxygens (including phenoxy) is 1. The molecule has 0 spiro atoms. The van der Waals surface area contributed by atoms with Crippen molar-refractivity contribution in [3.8, 4) is 0 Å². The molecule has 0 bridgehead atoms. The SMILES string of the molecule is CCCC(C(=O)c1ccccc1)n1cc[n+](CC(OCc2ccc(Cl)cc2Cl)c2ccc(Cl)cc2Cl)c1. The maximum absolute atomic E-state index is 13.3. The highest BCUT2D eigenvalue weighted by atomic mass is 35.5. The smallest absolute Gasteiger partial charge is 0.244 e. The minimum Gasteiger partial charge on any atom is -0.365 e. The first-order chi connectivity index (χ1) is 17.9. The number of hydrogen-bond acceptors (Lipinski definition) is 2. The molecule has 0 amide bonds. The number of hydrogen-bond donors (Lipinski definition) is 0. The van der Waals surface area contributed by atoms with E-state index < -0.39 is 6.10 Å². The fraction of sp³-hybridized carbons (Fsp3) is 0.241. The van der Waals surface area contributed by atoms with Gasteiger partial charge in [0.25, 0.3) is 0 Å². The minimum atomic E-state index is -0.396. The molecule has 0 saturated carbocycles. The molecule has 0 aliphatic heterocycles. The van der Waals surface area contributed by atoms with Crippen molar-refractivity contribution in [3.05, 3.63) is 122 Å².